The molecule has 2 heterocycles. The molecule has 176 valence electrons. The van der Waals surface area contributed by atoms with E-state index in [1.807, 2.05) is 76.2 Å². The third-order valence-corrected chi connectivity index (χ3v) is 6.78. The van der Waals surface area contributed by atoms with Gasteiger partial charge in [0.2, 0.25) is 0 Å². The molecule has 7 heteroatoms. The molecule has 3 aromatic rings. The summed E-state index contributed by atoms with van der Waals surface area (Å²) in [6.45, 7) is 8.42. The van der Waals surface area contributed by atoms with Gasteiger partial charge in [0.1, 0.15) is 18.1 Å². The number of carbonyl (C=O) groups excluding carboxylic acids is 2. The first-order valence-electron chi connectivity index (χ1n) is 11.1. The van der Waals surface area contributed by atoms with Crippen molar-refractivity contribution in [3.8, 4) is 17.2 Å². The van der Waals surface area contributed by atoms with Crippen LogP contribution < -0.4 is 9.47 Å². The number of para-hydroxylation sites is 2. The molecule has 0 atom stereocenters. The molecule has 1 fully saturated rings. The van der Waals surface area contributed by atoms with Crippen molar-refractivity contribution in [2.75, 3.05) is 20.3 Å². The largest absolute Gasteiger partial charge is 0.495 e. The van der Waals surface area contributed by atoms with Gasteiger partial charge in [0.25, 0.3) is 11.1 Å². The zero-order chi connectivity index (χ0) is 24.4. The summed E-state index contributed by atoms with van der Waals surface area (Å²) in [4.78, 5) is 27.2. The molecule has 2 aromatic carbocycles. The Labute approximate surface area is 204 Å². The van der Waals surface area contributed by atoms with E-state index in [9.17, 15) is 9.59 Å². The summed E-state index contributed by atoms with van der Waals surface area (Å²) in [5.74, 6) is 1.24. The number of imide groups is 1. The summed E-state index contributed by atoms with van der Waals surface area (Å²) < 4.78 is 13.5. The molecule has 4 rings (SSSR count). The van der Waals surface area contributed by atoms with E-state index in [-0.39, 0.29) is 24.3 Å². The Morgan fingerprint density at radius 2 is 1.74 bits per heavy atom. The van der Waals surface area contributed by atoms with Gasteiger partial charge in [-0.3, -0.25) is 14.5 Å². The molecular weight excluding hydrogens is 448 g/mol. The minimum Gasteiger partial charge on any atom is -0.495 e. The van der Waals surface area contributed by atoms with Gasteiger partial charge in [-0.15, -0.1) is 0 Å². The van der Waals surface area contributed by atoms with Crippen LogP contribution in [0.25, 0.3) is 11.8 Å². The van der Waals surface area contributed by atoms with Crippen molar-refractivity contribution in [2.45, 2.75) is 27.7 Å². The molecule has 0 unspecified atom stereocenters. The monoisotopic (exact) mass is 476 g/mol. The quantitative estimate of drug-likeness (QED) is 0.401. The third kappa shape index (κ3) is 4.61. The Balaban J connectivity index is 1.52. The van der Waals surface area contributed by atoms with Crippen LogP contribution in [0.5, 0.6) is 11.5 Å². The van der Waals surface area contributed by atoms with Crippen molar-refractivity contribution in [2.24, 2.45) is 0 Å². The van der Waals surface area contributed by atoms with E-state index in [4.69, 9.17) is 9.47 Å². The van der Waals surface area contributed by atoms with Gasteiger partial charge in [0.05, 0.1) is 24.2 Å². The number of amides is 2. The number of hydrogen-bond acceptors (Lipinski definition) is 5. The van der Waals surface area contributed by atoms with E-state index in [0.717, 1.165) is 57.0 Å². The highest BCUT2D eigenvalue weighted by Gasteiger charge is 2.35. The fourth-order valence-electron chi connectivity index (χ4n) is 4.06. The maximum absolute atomic E-state index is 13.0. The van der Waals surface area contributed by atoms with Gasteiger partial charge in [-0.25, -0.2) is 0 Å². The molecule has 34 heavy (non-hydrogen) atoms. The lowest BCUT2D eigenvalue weighted by atomic mass is 10.1. The fourth-order valence-corrected chi connectivity index (χ4v) is 4.92. The number of hydrogen-bond donors (Lipinski definition) is 0. The molecule has 1 aliphatic heterocycles. The second-order valence-corrected chi connectivity index (χ2v) is 9.28. The first-order valence-corrected chi connectivity index (χ1v) is 11.9. The van der Waals surface area contributed by atoms with Crippen molar-refractivity contribution in [1.29, 1.82) is 0 Å². The van der Waals surface area contributed by atoms with Crippen LogP contribution in [-0.4, -0.2) is 40.9 Å². The van der Waals surface area contributed by atoms with Gasteiger partial charge >= 0.3 is 0 Å². The van der Waals surface area contributed by atoms with E-state index in [2.05, 4.69) is 4.57 Å². The minimum atomic E-state index is -0.290. The average Bonchev–Trinajstić information content (AvgIpc) is 3.24. The predicted molar refractivity (Wildman–Crippen MR) is 136 cm³/mol. The zero-order valence-corrected chi connectivity index (χ0v) is 20.9. The van der Waals surface area contributed by atoms with Crippen LogP contribution in [0.3, 0.4) is 0 Å². The second kappa shape index (κ2) is 9.81. The Bertz CT molecular complexity index is 1290. The molecule has 6 nitrogen and oxygen atoms in total. The minimum absolute atomic E-state index is 0.204. The molecule has 1 saturated heterocycles. The average molecular weight is 477 g/mol. The summed E-state index contributed by atoms with van der Waals surface area (Å²) in [7, 11) is 1.65. The fraction of sp³-hybridized carbons (Fsp3) is 0.259. The Morgan fingerprint density at radius 3 is 2.50 bits per heavy atom. The van der Waals surface area contributed by atoms with Gasteiger partial charge in [-0.05, 0) is 86.5 Å². The lowest BCUT2D eigenvalue weighted by Gasteiger charge is -2.14. The Hall–Kier alpha value is -3.45. The number of benzene rings is 2. The van der Waals surface area contributed by atoms with Crippen molar-refractivity contribution >= 4 is 29.0 Å². The van der Waals surface area contributed by atoms with Crippen molar-refractivity contribution in [3.63, 3.8) is 0 Å². The van der Waals surface area contributed by atoms with Crippen LogP contribution in [0.15, 0.2) is 53.4 Å². The lowest BCUT2D eigenvalue weighted by molar-refractivity contribution is -0.123. The van der Waals surface area contributed by atoms with E-state index in [0.29, 0.717) is 4.91 Å². The van der Waals surface area contributed by atoms with Gasteiger partial charge in [0, 0.05) is 11.4 Å². The normalized spacial score (nSPS) is 14.9. The molecule has 0 N–H and O–H groups in total. The number of ether oxygens (including phenoxy) is 2. The van der Waals surface area contributed by atoms with Crippen molar-refractivity contribution in [1.82, 2.24) is 9.47 Å². The maximum atomic E-state index is 13.0. The van der Waals surface area contributed by atoms with Crippen molar-refractivity contribution < 1.29 is 19.1 Å². The number of methoxy groups -OCH3 is 1. The topological polar surface area (TPSA) is 60.8 Å². The second-order valence-electron chi connectivity index (χ2n) is 8.28. The van der Waals surface area contributed by atoms with Crippen LogP contribution in [0, 0.1) is 27.7 Å². The SMILES string of the molecule is COc1ccccc1-n1c(C)cc(/C=C2\SC(=O)N(CCOc3cc(C)ccc3C)C2=O)c1C. The Kier molecular flexibility index (Phi) is 6.84. The number of rotatable bonds is 7. The molecule has 1 aromatic heterocycles. The molecule has 0 saturated carbocycles. The zero-order valence-electron chi connectivity index (χ0n) is 20.0. The molecule has 0 radical (unpaired) electrons. The van der Waals surface area contributed by atoms with Crippen LogP contribution in [0.4, 0.5) is 4.79 Å². The molecular formula is C27H28N2O4S. The number of aromatic nitrogens is 1. The summed E-state index contributed by atoms with van der Waals surface area (Å²) in [5, 5.41) is -0.278. The molecule has 0 spiro atoms. The summed E-state index contributed by atoms with van der Waals surface area (Å²) >= 11 is 0.965. The molecule has 0 aliphatic carbocycles. The number of aryl methyl sites for hydroxylation is 3. The number of carbonyl (C=O) groups is 2. The summed E-state index contributed by atoms with van der Waals surface area (Å²) in [5.41, 5.74) is 5.91. The number of nitrogens with zero attached hydrogens (tertiary/aromatic N) is 2. The standard InChI is InChI=1S/C27H28N2O4S/c1-17-10-11-18(2)24(14-17)33-13-12-28-26(30)25(34-27(28)31)16-21-15-19(3)29(20(21)4)22-8-6-7-9-23(22)32-5/h6-11,14-16H,12-13H2,1-5H3/b25-16-. The highest BCUT2D eigenvalue weighted by atomic mass is 32.2. The highest BCUT2D eigenvalue weighted by Crippen LogP contribution is 2.34. The smallest absolute Gasteiger partial charge is 0.293 e. The third-order valence-electron chi connectivity index (χ3n) is 5.87. The molecule has 1 aliphatic rings. The van der Waals surface area contributed by atoms with Crippen LogP contribution in [-0.2, 0) is 4.79 Å². The van der Waals surface area contributed by atoms with Crippen LogP contribution in [0.2, 0.25) is 0 Å². The van der Waals surface area contributed by atoms with Crippen LogP contribution in [0.1, 0.15) is 28.1 Å². The van der Waals surface area contributed by atoms with Gasteiger partial charge < -0.3 is 14.0 Å². The summed E-state index contributed by atoms with van der Waals surface area (Å²) in [6, 6.07) is 15.8. The first-order chi connectivity index (χ1) is 16.3. The van der Waals surface area contributed by atoms with Gasteiger partial charge in [0.15, 0.2) is 0 Å². The van der Waals surface area contributed by atoms with E-state index in [1.165, 1.54) is 4.90 Å². The van der Waals surface area contributed by atoms with Gasteiger partial charge in [-0.2, -0.15) is 0 Å². The first kappa shape index (κ1) is 23.7. The highest BCUT2D eigenvalue weighted by molar-refractivity contribution is 8.18. The lowest BCUT2D eigenvalue weighted by Crippen LogP contribution is -2.32. The van der Waals surface area contributed by atoms with E-state index >= 15 is 0 Å². The Morgan fingerprint density at radius 1 is 0.971 bits per heavy atom. The maximum Gasteiger partial charge on any atom is 0.293 e. The van der Waals surface area contributed by atoms with E-state index < -0.39 is 0 Å². The van der Waals surface area contributed by atoms with E-state index in [1.54, 1.807) is 13.2 Å². The molecule has 0 bridgehead atoms. The van der Waals surface area contributed by atoms with Crippen molar-refractivity contribution in [3.05, 3.63) is 81.5 Å². The predicted octanol–water partition coefficient (Wildman–Crippen LogP) is 5.83. The number of thioether (sulfide) groups is 1. The summed E-state index contributed by atoms with van der Waals surface area (Å²) in [6.07, 6.45) is 1.80. The van der Waals surface area contributed by atoms with Crippen LogP contribution >= 0.6 is 11.8 Å². The van der Waals surface area contributed by atoms with Gasteiger partial charge in [-0.1, -0.05) is 24.3 Å². The molecule has 2 amide bonds.